The van der Waals surface area contributed by atoms with E-state index in [9.17, 15) is 4.79 Å². The third-order valence-corrected chi connectivity index (χ3v) is 4.45. The van der Waals surface area contributed by atoms with Crippen LogP contribution in [-0.4, -0.2) is 23.6 Å². The average molecular weight is 330 g/mol. The molecule has 1 amide bonds. The summed E-state index contributed by atoms with van der Waals surface area (Å²) >= 11 is 0. The lowest BCUT2D eigenvalue weighted by Crippen LogP contribution is -2.27. The van der Waals surface area contributed by atoms with Crippen LogP contribution in [-0.2, 0) is 6.54 Å². The van der Waals surface area contributed by atoms with Crippen LogP contribution in [0, 0.1) is 6.92 Å². The maximum Gasteiger partial charge on any atom is 0.268 e. The number of amides is 1. The van der Waals surface area contributed by atoms with E-state index < -0.39 is 0 Å². The number of hydrogen-bond donors (Lipinski definition) is 1. The first-order valence-corrected chi connectivity index (χ1v) is 9.17. The molecule has 0 aliphatic heterocycles. The van der Waals surface area contributed by atoms with Crippen LogP contribution in [0.5, 0.6) is 5.75 Å². The normalized spacial score (nSPS) is 11.0. The fourth-order valence-corrected chi connectivity index (χ4v) is 3.22. The van der Waals surface area contributed by atoms with Crippen LogP contribution in [0.3, 0.4) is 0 Å². The van der Waals surface area contributed by atoms with Gasteiger partial charge >= 0.3 is 0 Å². The van der Waals surface area contributed by atoms with Crippen LogP contribution < -0.4 is 10.1 Å². The van der Waals surface area contributed by atoms with Crippen molar-refractivity contribution in [2.24, 2.45) is 0 Å². The van der Waals surface area contributed by atoms with Crippen LogP contribution in [0.2, 0.25) is 0 Å². The smallest absolute Gasteiger partial charge is 0.268 e. The van der Waals surface area contributed by atoms with Crippen molar-refractivity contribution in [3.05, 3.63) is 29.5 Å². The number of aryl methyl sites for hydroxylation is 2. The number of fused-ring (bicyclic) bond motifs is 1. The monoisotopic (exact) mass is 330 g/mol. The van der Waals surface area contributed by atoms with Gasteiger partial charge in [0.05, 0.1) is 6.61 Å². The van der Waals surface area contributed by atoms with E-state index in [1.54, 1.807) is 0 Å². The Hall–Kier alpha value is -1.97. The number of unbranched alkanes of at least 4 members (excludes halogenated alkanes) is 3. The van der Waals surface area contributed by atoms with Gasteiger partial charge in [0.15, 0.2) is 0 Å². The number of benzene rings is 1. The minimum absolute atomic E-state index is 0.0278. The molecule has 2 rings (SSSR count). The zero-order valence-corrected chi connectivity index (χ0v) is 15.4. The number of ether oxygens (including phenoxy) is 1. The first-order chi connectivity index (χ1) is 11.6. The second-order valence-electron chi connectivity index (χ2n) is 6.15. The number of hydrogen-bond acceptors (Lipinski definition) is 2. The minimum atomic E-state index is 0.0278. The third kappa shape index (κ3) is 3.92. The number of rotatable bonds is 9. The summed E-state index contributed by atoms with van der Waals surface area (Å²) in [5, 5.41) is 4.18. The Labute approximate surface area is 145 Å². The van der Waals surface area contributed by atoms with E-state index in [4.69, 9.17) is 4.74 Å². The second-order valence-corrected chi connectivity index (χ2v) is 6.15. The molecule has 0 fully saturated rings. The summed E-state index contributed by atoms with van der Waals surface area (Å²) in [4.78, 5) is 12.7. The van der Waals surface area contributed by atoms with Gasteiger partial charge in [-0.2, -0.15) is 0 Å². The van der Waals surface area contributed by atoms with E-state index >= 15 is 0 Å². The van der Waals surface area contributed by atoms with Gasteiger partial charge in [0.25, 0.3) is 5.91 Å². The van der Waals surface area contributed by atoms with Crippen molar-refractivity contribution >= 4 is 16.8 Å². The highest BCUT2D eigenvalue weighted by molar-refractivity contribution is 6.02. The van der Waals surface area contributed by atoms with E-state index in [-0.39, 0.29) is 5.91 Å². The summed E-state index contributed by atoms with van der Waals surface area (Å²) in [6, 6.07) is 6.07. The Morgan fingerprint density at radius 3 is 2.62 bits per heavy atom. The molecule has 0 bridgehead atoms. The molecule has 1 heterocycles. The number of aromatic nitrogens is 1. The summed E-state index contributed by atoms with van der Waals surface area (Å²) in [6.45, 7) is 10.4. The van der Waals surface area contributed by atoms with Gasteiger partial charge in [0, 0.05) is 24.0 Å². The van der Waals surface area contributed by atoms with Crippen LogP contribution in [0.25, 0.3) is 10.9 Å². The van der Waals surface area contributed by atoms with Gasteiger partial charge in [-0.15, -0.1) is 0 Å². The highest BCUT2D eigenvalue weighted by atomic mass is 16.5. The number of nitrogens with zero attached hydrogens (tertiary/aromatic N) is 1. The highest BCUT2D eigenvalue weighted by Crippen LogP contribution is 2.29. The first kappa shape index (κ1) is 18.4. The molecular weight excluding hydrogens is 300 g/mol. The zero-order chi connectivity index (χ0) is 17.5. The van der Waals surface area contributed by atoms with Crippen LogP contribution >= 0.6 is 0 Å². The lowest BCUT2D eigenvalue weighted by Gasteiger charge is -2.10. The lowest BCUT2D eigenvalue weighted by molar-refractivity contribution is 0.0943. The van der Waals surface area contributed by atoms with Crippen molar-refractivity contribution in [2.45, 2.75) is 59.9 Å². The molecule has 0 saturated carbocycles. The summed E-state index contributed by atoms with van der Waals surface area (Å²) in [7, 11) is 0. The number of carbonyl (C=O) groups excluding carboxylic acids is 1. The van der Waals surface area contributed by atoms with Crippen molar-refractivity contribution in [3.8, 4) is 5.75 Å². The van der Waals surface area contributed by atoms with Crippen molar-refractivity contribution in [2.75, 3.05) is 13.2 Å². The van der Waals surface area contributed by atoms with Gasteiger partial charge < -0.3 is 14.6 Å². The molecule has 1 N–H and O–H groups in total. The molecule has 0 saturated heterocycles. The molecule has 0 unspecified atom stereocenters. The maximum absolute atomic E-state index is 12.7. The fourth-order valence-electron chi connectivity index (χ4n) is 3.22. The number of nitrogens with one attached hydrogen (secondary N) is 1. The van der Waals surface area contributed by atoms with E-state index in [1.165, 1.54) is 19.3 Å². The molecule has 0 aliphatic carbocycles. The molecule has 132 valence electrons. The fraction of sp³-hybridized carbons (Fsp3) is 0.550. The molecule has 0 aliphatic rings. The van der Waals surface area contributed by atoms with Crippen molar-refractivity contribution in [1.82, 2.24) is 9.88 Å². The van der Waals surface area contributed by atoms with Crippen molar-refractivity contribution in [1.29, 1.82) is 0 Å². The summed E-state index contributed by atoms with van der Waals surface area (Å²) in [5.41, 5.74) is 2.89. The van der Waals surface area contributed by atoms with E-state index in [0.29, 0.717) is 6.61 Å². The molecule has 1 aromatic heterocycles. The van der Waals surface area contributed by atoms with Gasteiger partial charge in [-0.1, -0.05) is 26.2 Å². The first-order valence-electron chi connectivity index (χ1n) is 9.17. The predicted molar refractivity (Wildman–Crippen MR) is 100.0 cm³/mol. The Bertz CT molecular complexity index is 688. The molecule has 0 radical (unpaired) electrons. The Morgan fingerprint density at radius 1 is 1.17 bits per heavy atom. The largest absolute Gasteiger partial charge is 0.494 e. The molecule has 2 aromatic rings. The van der Waals surface area contributed by atoms with Gasteiger partial charge in [-0.3, -0.25) is 4.79 Å². The average Bonchev–Trinajstić information content (AvgIpc) is 2.86. The topological polar surface area (TPSA) is 43.3 Å². The van der Waals surface area contributed by atoms with Crippen LogP contribution in [0.1, 0.15) is 62.5 Å². The molecule has 1 aromatic carbocycles. The molecular formula is C20H30N2O2. The minimum Gasteiger partial charge on any atom is -0.494 e. The van der Waals surface area contributed by atoms with Crippen LogP contribution in [0.15, 0.2) is 18.2 Å². The standard InChI is InChI=1S/C20H30N2O2/c1-5-8-9-10-13-21-20(23)19-15(4)17-14-16(24-7-3)11-12-18(17)22(19)6-2/h11-12,14H,5-10,13H2,1-4H3,(H,21,23). The highest BCUT2D eigenvalue weighted by Gasteiger charge is 2.19. The predicted octanol–water partition coefficient (Wildman–Crippen LogP) is 4.68. The molecule has 0 atom stereocenters. The second kappa shape index (κ2) is 8.76. The molecule has 4 heteroatoms. The SMILES string of the molecule is CCCCCCNC(=O)c1c(C)c2cc(OCC)ccc2n1CC. The molecule has 24 heavy (non-hydrogen) atoms. The van der Waals surface area contributed by atoms with E-state index in [2.05, 4.69) is 29.8 Å². The van der Waals surface area contributed by atoms with Gasteiger partial charge in [-0.05, 0) is 51.0 Å². The zero-order valence-electron chi connectivity index (χ0n) is 15.4. The van der Waals surface area contributed by atoms with Gasteiger partial charge in [0.1, 0.15) is 11.4 Å². The van der Waals surface area contributed by atoms with Gasteiger partial charge in [-0.25, -0.2) is 0 Å². The van der Waals surface area contributed by atoms with Crippen molar-refractivity contribution in [3.63, 3.8) is 0 Å². The quantitative estimate of drug-likeness (QED) is 0.679. The number of carbonyl (C=O) groups is 1. The Balaban J connectivity index is 2.25. The Morgan fingerprint density at radius 2 is 1.96 bits per heavy atom. The van der Waals surface area contributed by atoms with Crippen molar-refractivity contribution < 1.29 is 9.53 Å². The summed E-state index contributed by atoms with van der Waals surface area (Å²) in [5.74, 6) is 0.882. The molecule has 4 nitrogen and oxygen atoms in total. The third-order valence-electron chi connectivity index (χ3n) is 4.45. The Kier molecular flexibility index (Phi) is 6.71. The maximum atomic E-state index is 12.7. The molecule has 0 spiro atoms. The summed E-state index contributed by atoms with van der Waals surface area (Å²) < 4.78 is 7.70. The summed E-state index contributed by atoms with van der Waals surface area (Å²) in [6.07, 6.45) is 4.65. The van der Waals surface area contributed by atoms with E-state index in [1.807, 2.05) is 26.0 Å². The van der Waals surface area contributed by atoms with E-state index in [0.717, 1.165) is 47.4 Å². The van der Waals surface area contributed by atoms with Crippen LogP contribution in [0.4, 0.5) is 0 Å². The lowest BCUT2D eigenvalue weighted by atomic mass is 10.1. The van der Waals surface area contributed by atoms with Gasteiger partial charge in [0.2, 0.25) is 0 Å².